The minimum atomic E-state index is 0.647. The Bertz CT molecular complexity index is 414. The number of hydrogen-bond acceptors (Lipinski definition) is 5. The van der Waals surface area contributed by atoms with Crippen molar-refractivity contribution >= 4 is 17.7 Å². The molecule has 0 unspecified atom stereocenters. The Morgan fingerprint density at radius 2 is 2.33 bits per heavy atom. The van der Waals surface area contributed by atoms with E-state index < -0.39 is 0 Å². The van der Waals surface area contributed by atoms with E-state index in [1.54, 1.807) is 18.6 Å². The zero-order valence-corrected chi connectivity index (χ0v) is 9.08. The maximum Gasteiger partial charge on any atom is 0.223 e. The summed E-state index contributed by atoms with van der Waals surface area (Å²) in [6.07, 6.45) is 5.24. The summed E-state index contributed by atoms with van der Waals surface area (Å²) < 4.78 is 0. The van der Waals surface area contributed by atoms with Crippen LogP contribution in [-0.4, -0.2) is 26.5 Å². The summed E-state index contributed by atoms with van der Waals surface area (Å²) in [7, 11) is 0. The number of nitrogens with zero attached hydrogens (tertiary/aromatic N) is 3. The highest BCUT2D eigenvalue weighted by Crippen LogP contribution is 2.22. The average Bonchev–Trinajstić information content (AvgIpc) is 2.71. The van der Waals surface area contributed by atoms with Crippen LogP contribution in [0.3, 0.4) is 0 Å². The van der Waals surface area contributed by atoms with E-state index in [1.165, 1.54) is 11.8 Å². The van der Waals surface area contributed by atoms with E-state index in [0.29, 0.717) is 5.95 Å². The Morgan fingerprint density at radius 1 is 1.40 bits per heavy atom. The number of aromatic amines is 1. The Hall–Kier alpha value is -1.56. The summed E-state index contributed by atoms with van der Waals surface area (Å²) in [6.45, 7) is 2.82. The van der Waals surface area contributed by atoms with Gasteiger partial charge in [-0.3, -0.25) is 0 Å². The van der Waals surface area contributed by atoms with Gasteiger partial charge in [0.1, 0.15) is 5.03 Å². The molecule has 0 spiro atoms. The zero-order valence-electron chi connectivity index (χ0n) is 8.27. The van der Waals surface area contributed by atoms with Crippen molar-refractivity contribution in [2.75, 3.05) is 11.9 Å². The number of nitrogens with one attached hydrogen (secondary N) is 2. The van der Waals surface area contributed by atoms with Crippen LogP contribution in [0.5, 0.6) is 0 Å². The van der Waals surface area contributed by atoms with Gasteiger partial charge < -0.3 is 10.3 Å². The predicted molar refractivity (Wildman–Crippen MR) is 58.9 cm³/mol. The molecular formula is C9H11N5S. The lowest BCUT2D eigenvalue weighted by Crippen LogP contribution is -2.01. The van der Waals surface area contributed by atoms with Gasteiger partial charge in [-0.1, -0.05) is 0 Å². The minimum absolute atomic E-state index is 0.647. The maximum absolute atomic E-state index is 4.32. The van der Waals surface area contributed by atoms with Gasteiger partial charge in [-0.25, -0.2) is 15.0 Å². The molecule has 78 valence electrons. The molecule has 5 nitrogen and oxygen atoms in total. The number of anilines is 1. The molecule has 2 rings (SSSR count). The van der Waals surface area contributed by atoms with Crippen molar-refractivity contribution < 1.29 is 0 Å². The third-order valence-corrected chi connectivity index (χ3v) is 2.49. The molecule has 0 saturated heterocycles. The fourth-order valence-corrected chi connectivity index (χ4v) is 1.75. The molecule has 0 aliphatic heterocycles. The number of H-pyrrole nitrogens is 1. The van der Waals surface area contributed by atoms with E-state index in [-0.39, 0.29) is 0 Å². The molecule has 6 heteroatoms. The molecule has 2 aromatic rings. The molecule has 2 N–H and O–H groups in total. The summed E-state index contributed by atoms with van der Waals surface area (Å²) in [5.41, 5.74) is 0. The second kappa shape index (κ2) is 4.79. The lowest BCUT2D eigenvalue weighted by Gasteiger charge is -2.02. The van der Waals surface area contributed by atoms with E-state index in [1.807, 2.05) is 13.0 Å². The van der Waals surface area contributed by atoms with Crippen molar-refractivity contribution in [3.05, 3.63) is 24.7 Å². The highest BCUT2D eigenvalue weighted by Gasteiger charge is 2.02. The summed E-state index contributed by atoms with van der Waals surface area (Å²) in [6, 6.07) is 1.86. The standard InChI is InChI=1S/C9H11N5S/c1-2-10-8-11-4-3-7(14-8)15-9-12-5-6-13-9/h3-6H,2H2,1H3,(H,12,13)(H,10,11,14). The van der Waals surface area contributed by atoms with E-state index >= 15 is 0 Å². The minimum Gasteiger partial charge on any atom is -0.354 e. The molecule has 0 amide bonds. The largest absolute Gasteiger partial charge is 0.354 e. The van der Waals surface area contributed by atoms with Crippen LogP contribution in [0.25, 0.3) is 0 Å². The Labute approximate surface area is 91.8 Å². The first-order valence-electron chi connectivity index (χ1n) is 4.62. The third-order valence-electron chi connectivity index (χ3n) is 1.64. The van der Waals surface area contributed by atoms with E-state index in [0.717, 1.165) is 16.7 Å². The maximum atomic E-state index is 4.32. The average molecular weight is 221 g/mol. The number of imidazole rings is 1. The highest BCUT2D eigenvalue weighted by molar-refractivity contribution is 7.99. The number of hydrogen-bond donors (Lipinski definition) is 2. The number of aromatic nitrogens is 4. The van der Waals surface area contributed by atoms with E-state index in [2.05, 4.69) is 25.3 Å². The first-order valence-corrected chi connectivity index (χ1v) is 5.44. The van der Waals surface area contributed by atoms with Crippen molar-refractivity contribution in [1.82, 2.24) is 19.9 Å². The molecule has 15 heavy (non-hydrogen) atoms. The van der Waals surface area contributed by atoms with Gasteiger partial charge in [-0.2, -0.15) is 0 Å². The Kier molecular flexibility index (Phi) is 3.18. The lowest BCUT2D eigenvalue weighted by molar-refractivity contribution is 0.998. The molecule has 0 saturated carbocycles. The van der Waals surface area contributed by atoms with Gasteiger partial charge in [-0.05, 0) is 24.8 Å². The monoisotopic (exact) mass is 221 g/mol. The number of rotatable bonds is 4. The van der Waals surface area contributed by atoms with E-state index in [4.69, 9.17) is 0 Å². The fraction of sp³-hybridized carbons (Fsp3) is 0.222. The van der Waals surface area contributed by atoms with Gasteiger partial charge >= 0.3 is 0 Å². The van der Waals surface area contributed by atoms with Crippen LogP contribution in [0.15, 0.2) is 34.8 Å². The van der Waals surface area contributed by atoms with Gasteiger partial charge in [0, 0.05) is 25.1 Å². The van der Waals surface area contributed by atoms with Crippen LogP contribution >= 0.6 is 11.8 Å². The predicted octanol–water partition coefficient (Wildman–Crippen LogP) is 1.78. The summed E-state index contributed by atoms with van der Waals surface area (Å²) >= 11 is 1.48. The van der Waals surface area contributed by atoms with Crippen molar-refractivity contribution in [2.24, 2.45) is 0 Å². The van der Waals surface area contributed by atoms with Crippen LogP contribution in [0.2, 0.25) is 0 Å². The van der Waals surface area contributed by atoms with Gasteiger partial charge in [-0.15, -0.1) is 0 Å². The SMILES string of the molecule is CCNc1nccc(Sc2ncc[nH]2)n1. The molecule has 0 fully saturated rings. The Morgan fingerprint density at radius 3 is 3.07 bits per heavy atom. The summed E-state index contributed by atoms with van der Waals surface area (Å²) in [5.74, 6) is 0.647. The highest BCUT2D eigenvalue weighted by atomic mass is 32.2. The smallest absolute Gasteiger partial charge is 0.223 e. The van der Waals surface area contributed by atoms with Crippen molar-refractivity contribution in [3.63, 3.8) is 0 Å². The molecule has 2 heterocycles. The third kappa shape index (κ3) is 2.69. The zero-order chi connectivity index (χ0) is 10.5. The normalized spacial score (nSPS) is 10.2. The van der Waals surface area contributed by atoms with Crippen molar-refractivity contribution in [2.45, 2.75) is 17.1 Å². The lowest BCUT2D eigenvalue weighted by atomic mass is 10.6. The molecule has 0 atom stereocenters. The van der Waals surface area contributed by atoms with Crippen LogP contribution in [-0.2, 0) is 0 Å². The second-order valence-corrected chi connectivity index (χ2v) is 3.75. The molecular weight excluding hydrogens is 210 g/mol. The van der Waals surface area contributed by atoms with Crippen LogP contribution in [0.1, 0.15) is 6.92 Å². The fourth-order valence-electron chi connectivity index (χ4n) is 1.05. The molecule has 0 aliphatic rings. The topological polar surface area (TPSA) is 66.5 Å². The first-order chi connectivity index (χ1) is 7.38. The van der Waals surface area contributed by atoms with Crippen molar-refractivity contribution in [1.29, 1.82) is 0 Å². The molecule has 0 aliphatic carbocycles. The first kappa shape index (κ1) is 9.97. The molecule has 0 bridgehead atoms. The van der Waals surface area contributed by atoms with E-state index in [9.17, 15) is 0 Å². The molecule has 0 aromatic carbocycles. The van der Waals surface area contributed by atoms with Gasteiger partial charge in [0.25, 0.3) is 0 Å². The molecule has 0 radical (unpaired) electrons. The van der Waals surface area contributed by atoms with Crippen LogP contribution < -0.4 is 5.32 Å². The van der Waals surface area contributed by atoms with Crippen LogP contribution in [0, 0.1) is 0 Å². The summed E-state index contributed by atoms with van der Waals surface area (Å²) in [4.78, 5) is 15.5. The van der Waals surface area contributed by atoms with Crippen molar-refractivity contribution in [3.8, 4) is 0 Å². The van der Waals surface area contributed by atoms with Crippen LogP contribution in [0.4, 0.5) is 5.95 Å². The van der Waals surface area contributed by atoms with Gasteiger partial charge in [0.15, 0.2) is 5.16 Å². The molecule has 2 aromatic heterocycles. The quantitative estimate of drug-likeness (QED) is 0.770. The van der Waals surface area contributed by atoms with Gasteiger partial charge in [0.05, 0.1) is 0 Å². The second-order valence-electron chi connectivity index (χ2n) is 2.75. The summed E-state index contributed by atoms with van der Waals surface area (Å²) in [5, 5.41) is 4.76. The Balaban J connectivity index is 2.11. The van der Waals surface area contributed by atoms with Gasteiger partial charge in [0.2, 0.25) is 5.95 Å².